The molecule has 2 aromatic rings. The zero-order valence-electron chi connectivity index (χ0n) is 15.0. The molecule has 1 unspecified atom stereocenters. The fourth-order valence-corrected chi connectivity index (χ4v) is 3.61. The number of imidazole rings is 1. The van der Waals surface area contributed by atoms with Gasteiger partial charge in [0.2, 0.25) is 5.91 Å². The highest BCUT2D eigenvalue weighted by molar-refractivity contribution is 5.94. The maximum absolute atomic E-state index is 13.1. The van der Waals surface area contributed by atoms with Crippen LogP contribution in [0.4, 0.5) is 0 Å². The highest BCUT2D eigenvalue weighted by Gasteiger charge is 2.50. The fraction of sp³-hybridized carbons (Fsp3) is 0.500. The van der Waals surface area contributed by atoms with E-state index in [0.717, 1.165) is 16.6 Å². The van der Waals surface area contributed by atoms with Crippen LogP contribution < -0.4 is 5.48 Å². The molecule has 0 radical (unpaired) electrons. The summed E-state index contributed by atoms with van der Waals surface area (Å²) in [4.78, 5) is 34.6. The number of fused-ring (bicyclic) bond motifs is 1. The number of benzene rings is 1. The summed E-state index contributed by atoms with van der Waals surface area (Å²) in [6, 6.07) is 5.22. The lowest BCUT2D eigenvalue weighted by atomic mass is 9.88. The van der Waals surface area contributed by atoms with Crippen LogP contribution in [0.2, 0.25) is 0 Å². The number of likely N-dealkylation sites (tertiary alicyclic amines) is 1. The molecular weight excluding hydrogens is 320 g/mol. The SMILES string of the molecule is Cc1ccc2nc(C3(C)CCN([C@@H](C(=O)NO)C(C)C)C3=O)[nH]c2c1. The van der Waals surface area contributed by atoms with Crippen molar-refractivity contribution in [3.05, 3.63) is 29.6 Å². The standard InChI is InChI=1S/C18H24N4O3/c1-10(2)14(15(23)21-25)22-8-7-18(4,17(22)24)16-19-12-6-5-11(3)9-13(12)20-16/h5-6,9-10,14,25H,7-8H2,1-4H3,(H,19,20)(H,21,23)/t14-,18?/m1/s1. The predicted molar refractivity (Wildman–Crippen MR) is 93.1 cm³/mol. The van der Waals surface area contributed by atoms with Crippen LogP contribution in [0.15, 0.2) is 18.2 Å². The molecule has 2 heterocycles. The first-order valence-corrected chi connectivity index (χ1v) is 8.50. The Kier molecular flexibility index (Phi) is 4.28. The van der Waals surface area contributed by atoms with Gasteiger partial charge in [-0.25, -0.2) is 10.5 Å². The lowest BCUT2D eigenvalue weighted by molar-refractivity contribution is -0.145. The van der Waals surface area contributed by atoms with Gasteiger partial charge in [0.15, 0.2) is 0 Å². The quantitative estimate of drug-likeness (QED) is 0.583. The maximum atomic E-state index is 13.1. The van der Waals surface area contributed by atoms with Crippen LogP contribution >= 0.6 is 0 Å². The molecule has 1 aliphatic heterocycles. The summed E-state index contributed by atoms with van der Waals surface area (Å²) in [5.74, 6) is -0.206. The third-order valence-corrected chi connectivity index (χ3v) is 5.09. The van der Waals surface area contributed by atoms with E-state index in [1.807, 2.05) is 45.9 Å². The van der Waals surface area contributed by atoms with E-state index >= 15 is 0 Å². The number of amides is 2. The molecule has 7 heteroatoms. The van der Waals surface area contributed by atoms with Crippen molar-refractivity contribution in [2.45, 2.75) is 45.6 Å². The summed E-state index contributed by atoms with van der Waals surface area (Å²) in [6.45, 7) is 8.01. The smallest absolute Gasteiger partial charge is 0.266 e. The van der Waals surface area contributed by atoms with Crippen molar-refractivity contribution in [3.8, 4) is 0 Å². The highest BCUT2D eigenvalue weighted by atomic mass is 16.5. The summed E-state index contributed by atoms with van der Waals surface area (Å²) in [7, 11) is 0. The second kappa shape index (κ2) is 6.15. The van der Waals surface area contributed by atoms with Crippen molar-refractivity contribution in [1.29, 1.82) is 0 Å². The van der Waals surface area contributed by atoms with Gasteiger partial charge in [0.1, 0.15) is 17.3 Å². The molecule has 25 heavy (non-hydrogen) atoms. The van der Waals surface area contributed by atoms with Gasteiger partial charge >= 0.3 is 0 Å². The normalized spacial score (nSPS) is 22.0. The van der Waals surface area contributed by atoms with Gasteiger partial charge in [0.05, 0.1) is 11.0 Å². The summed E-state index contributed by atoms with van der Waals surface area (Å²) in [5.41, 5.74) is 3.71. The number of carbonyl (C=O) groups is 2. The molecule has 0 saturated carbocycles. The average molecular weight is 344 g/mol. The summed E-state index contributed by atoms with van der Waals surface area (Å²) < 4.78 is 0. The number of aryl methyl sites for hydroxylation is 1. The van der Waals surface area contributed by atoms with Crippen LogP contribution in [0.1, 0.15) is 38.6 Å². The van der Waals surface area contributed by atoms with Crippen LogP contribution in [0.3, 0.4) is 0 Å². The Morgan fingerprint density at radius 3 is 2.80 bits per heavy atom. The maximum Gasteiger partial charge on any atom is 0.266 e. The highest BCUT2D eigenvalue weighted by Crippen LogP contribution is 2.36. The summed E-state index contributed by atoms with van der Waals surface area (Å²) >= 11 is 0. The molecule has 1 aromatic carbocycles. The predicted octanol–water partition coefficient (Wildman–Crippen LogP) is 1.89. The monoisotopic (exact) mass is 344 g/mol. The number of hydroxylamine groups is 1. The number of nitrogens with zero attached hydrogens (tertiary/aromatic N) is 2. The minimum atomic E-state index is -0.810. The van der Waals surface area contributed by atoms with Gasteiger partial charge in [0.25, 0.3) is 5.91 Å². The van der Waals surface area contributed by atoms with Gasteiger partial charge in [0, 0.05) is 6.54 Å². The molecule has 7 nitrogen and oxygen atoms in total. The molecule has 1 saturated heterocycles. The molecular formula is C18H24N4O3. The van der Waals surface area contributed by atoms with Gasteiger partial charge in [-0.3, -0.25) is 14.8 Å². The number of nitrogens with one attached hydrogen (secondary N) is 2. The van der Waals surface area contributed by atoms with E-state index in [1.165, 1.54) is 0 Å². The summed E-state index contributed by atoms with van der Waals surface area (Å²) in [6.07, 6.45) is 0.562. The zero-order valence-corrected chi connectivity index (χ0v) is 15.0. The van der Waals surface area contributed by atoms with Crippen molar-refractivity contribution >= 4 is 22.8 Å². The molecule has 1 fully saturated rings. The molecule has 1 aliphatic rings. The molecule has 3 rings (SSSR count). The van der Waals surface area contributed by atoms with Gasteiger partial charge in [-0.15, -0.1) is 0 Å². The Morgan fingerprint density at radius 2 is 2.16 bits per heavy atom. The van der Waals surface area contributed by atoms with Crippen LogP contribution in [0.5, 0.6) is 0 Å². The molecule has 2 amide bonds. The topological polar surface area (TPSA) is 98.3 Å². The minimum absolute atomic E-state index is 0.114. The molecule has 0 bridgehead atoms. The van der Waals surface area contributed by atoms with Crippen LogP contribution in [-0.4, -0.2) is 44.5 Å². The average Bonchev–Trinajstić information content (AvgIpc) is 3.11. The zero-order chi connectivity index (χ0) is 18.4. The Bertz CT molecular complexity index is 829. The number of carbonyl (C=O) groups excluding carboxylic acids is 2. The van der Waals surface area contributed by atoms with Gasteiger partial charge < -0.3 is 9.88 Å². The number of aromatic nitrogens is 2. The van der Waals surface area contributed by atoms with Crippen molar-refractivity contribution in [2.75, 3.05) is 6.54 Å². The molecule has 3 N–H and O–H groups in total. The number of hydrogen-bond acceptors (Lipinski definition) is 4. The van der Waals surface area contributed by atoms with E-state index in [-0.39, 0.29) is 11.8 Å². The molecule has 2 atom stereocenters. The van der Waals surface area contributed by atoms with E-state index < -0.39 is 17.4 Å². The van der Waals surface area contributed by atoms with Gasteiger partial charge in [-0.1, -0.05) is 19.9 Å². The Balaban J connectivity index is 1.96. The Morgan fingerprint density at radius 1 is 1.44 bits per heavy atom. The van der Waals surface area contributed by atoms with Crippen molar-refractivity contribution in [3.63, 3.8) is 0 Å². The largest absolute Gasteiger partial charge is 0.341 e. The fourth-order valence-electron chi connectivity index (χ4n) is 3.61. The van der Waals surface area contributed by atoms with Crippen molar-refractivity contribution in [1.82, 2.24) is 20.3 Å². The Hall–Kier alpha value is -2.41. The lowest BCUT2D eigenvalue weighted by Crippen LogP contribution is -2.51. The molecule has 0 aliphatic carbocycles. The van der Waals surface area contributed by atoms with E-state index in [1.54, 1.807) is 10.4 Å². The first-order chi connectivity index (χ1) is 11.8. The third kappa shape index (κ3) is 2.78. The van der Waals surface area contributed by atoms with Crippen molar-refractivity contribution < 1.29 is 14.8 Å². The summed E-state index contributed by atoms with van der Waals surface area (Å²) in [5, 5.41) is 9.01. The molecule has 0 spiro atoms. The number of rotatable bonds is 4. The second-order valence-corrected chi connectivity index (χ2v) is 7.35. The van der Waals surface area contributed by atoms with Gasteiger partial charge in [-0.05, 0) is 43.9 Å². The third-order valence-electron chi connectivity index (χ3n) is 5.09. The van der Waals surface area contributed by atoms with E-state index in [9.17, 15) is 9.59 Å². The van der Waals surface area contributed by atoms with E-state index in [0.29, 0.717) is 18.8 Å². The van der Waals surface area contributed by atoms with Crippen molar-refractivity contribution in [2.24, 2.45) is 5.92 Å². The van der Waals surface area contributed by atoms with Crippen LogP contribution in [-0.2, 0) is 15.0 Å². The van der Waals surface area contributed by atoms with Gasteiger partial charge in [-0.2, -0.15) is 0 Å². The first kappa shape index (κ1) is 17.4. The first-order valence-electron chi connectivity index (χ1n) is 8.50. The molecule has 134 valence electrons. The second-order valence-electron chi connectivity index (χ2n) is 7.35. The van der Waals surface area contributed by atoms with E-state index in [2.05, 4.69) is 9.97 Å². The minimum Gasteiger partial charge on any atom is -0.341 e. The number of aromatic amines is 1. The molecule has 1 aromatic heterocycles. The lowest BCUT2D eigenvalue weighted by Gasteiger charge is -2.30. The number of hydrogen-bond donors (Lipinski definition) is 3. The van der Waals surface area contributed by atoms with Crippen LogP contribution in [0, 0.1) is 12.8 Å². The number of H-pyrrole nitrogens is 1. The van der Waals surface area contributed by atoms with E-state index in [4.69, 9.17) is 5.21 Å². The van der Waals surface area contributed by atoms with Crippen LogP contribution in [0.25, 0.3) is 11.0 Å². The Labute approximate surface area is 146 Å².